The van der Waals surface area contributed by atoms with Crippen molar-refractivity contribution in [2.24, 2.45) is 5.41 Å². The van der Waals surface area contributed by atoms with Gasteiger partial charge in [-0.25, -0.2) is 4.68 Å². The molecule has 8 heteroatoms. The quantitative estimate of drug-likeness (QED) is 0.684. The molecule has 0 aliphatic heterocycles. The molecule has 0 unspecified atom stereocenters. The van der Waals surface area contributed by atoms with E-state index < -0.39 is 0 Å². The van der Waals surface area contributed by atoms with E-state index in [2.05, 4.69) is 25.4 Å². The molecule has 1 aliphatic carbocycles. The molecule has 1 fully saturated rings. The molecule has 0 aromatic carbocycles. The zero-order valence-corrected chi connectivity index (χ0v) is 10.3. The Labute approximate surface area is 109 Å². The minimum absolute atomic E-state index is 0.0206. The Morgan fingerprint density at radius 1 is 1.37 bits per heavy atom. The molecular weight excluding hydrogens is 246 g/mol. The van der Waals surface area contributed by atoms with Crippen molar-refractivity contribution in [3.05, 3.63) is 18.5 Å². The third kappa shape index (κ3) is 2.48. The summed E-state index contributed by atoms with van der Waals surface area (Å²) in [5, 5.41) is 16.4. The number of aliphatic hydroxyl groups is 1. The maximum atomic E-state index is 9.26. The van der Waals surface area contributed by atoms with Crippen LogP contribution in [0.3, 0.4) is 0 Å². The van der Waals surface area contributed by atoms with Crippen molar-refractivity contribution in [2.75, 3.05) is 24.2 Å². The molecule has 19 heavy (non-hydrogen) atoms. The lowest BCUT2D eigenvalue weighted by Crippen LogP contribution is -2.21. The first-order chi connectivity index (χ1) is 9.21. The maximum absolute atomic E-state index is 9.26. The number of nitrogens with one attached hydrogen (secondary N) is 1. The SMILES string of the molecule is Nc1nc(NCC2(CO)CC2)nc(-n2cccn2)n1. The zero-order chi connectivity index (χ0) is 13.3. The van der Waals surface area contributed by atoms with E-state index in [4.69, 9.17) is 5.73 Å². The van der Waals surface area contributed by atoms with Gasteiger partial charge in [-0.3, -0.25) is 0 Å². The lowest BCUT2D eigenvalue weighted by Gasteiger charge is -2.13. The normalized spacial score (nSPS) is 16.3. The molecule has 1 aliphatic rings. The number of aromatic nitrogens is 5. The van der Waals surface area contributed by atoms with Gasteiger partial charge in [0, 0.05) is 24.4 Å². The second-order valence-corrected chi connectivity index (χ2v) is 4.78. The predicted molar refractivity (Wildman–Crippen MR) is 68.6 cm³/mol. The first-order valence-corrected chi connectivity index (χ1v) is 6.07. The summed E-state index contributed by atoms with van der Waals surface area (Å²) in [5.74, 6) is 0.906. The van der Waals surface area contributed by atoms with E-state index in [0.717, 1.165) is 12.8 Å². The molecular formula is C11H15N7O. The molecule has 2 heterocycles. The summed E-state index contributed by atoms with van der Waals surface area (Å²) in [7, 11) is 0. The highest BCUT2D eigenvalue weighted by molar-refractivity contribution is 5.35. The molecule has 0 bridgehead atoms. The average molecular weight is 261 g/mol. The Morgan fingerprint density at radius 2 is 2.21 bits per heavy atom. The number of anilines is 2. The van der Waals surface area contributed by atoms with Gasteiger partial charge in [0.1, 0.15) is 0 Å². The monoisotopic (exact) mass is 261 g/mol. The molecule has 4 N–H and O–H groups in total. The molecule has 2 aromatic heterocycles. The summed E-state index contributed by atoms with van der Waals surface area (Å²) < 4.78 is 1.52. The summed E-state index contributed by atoms with van der Waals surface area (Å²) in [4.78, 5) is 12.3. The average Bonchev–Trinajstić information content (AvgIpc) is 2.98. The van der Waals surface area contributed by atoms with Crippen LogP contribution in [0.4, 0.5) is 11.9 Å². The van der Waals surface area contributed by atoms with E-state index >= 15 is 0 Å². The van der Waals surface area contributed by atoms with Crippen LogP contribution in [0.2, 0.25) is 0 Å². The largest absolute Gasteiger partial charge is 0.396 e. The van der Waals surface area contributed by atoms with Crippen molar-refractivity contribution in [3.8, 4) is 5.95 Å². The smallest absolute Gasteiger partial charge is 0.257 e. The Morgan fingerprint density at radius 3 is 2.84 bits per heavy atom. The summed E-state index contributed by atoms with van der Waals surface area (Å²) in [6.07, 6.45) is 5.40. The molecule has 0 saturated heterocycles. The number of nitrogens with two attached hydrogens (primary N) is 1. The first kappa shape index (κ1) is 11.8. The topological polar surface area (TPSA) is 115 Å². The first-order valence-electron chi connectivity index (χ1n) is 6.07. The van der Waals surface area contributed by atoms with Crippen LogP contribution >= 0.6 is 0 Å². The van der Waals surface area contributed by atoms with Crippen LogP contribution in [0.5, 0.6) is 0 Å². The van der Waals surface area contributed by atoms with Gasteiger partial charge in [-0.05, 0) is 18.9 Å². The van der Waals surface area contributed by atoms with Crippen molar-refractivity contribution in [1.82, 2.24) is 24.7 Å². The van der Waals surface area contributed by atoms with Crippen LogP contribution in [0, 0.1) is 5.41 Å². The molecule has 0 amide bonds. The van der Waals surface area contributed by atoms with Gasteiger partial charge in [0.15, 0.2) is 0 Å². The number of hydrogen-bond acceptors (Lipinski definition) is 7. The minimum Gasteiger partial charge on any atom is -0.396 e. The number of hydrogen-bond donors (Lipinski definition) is 3. The second-order valence-electron chi connectivity index (χ2n) is 4.78. The van der Waals surface area contributed by atoms with Gasteiger partial charge < -0.3 is 16.2 Å². The van der Waals surface area contributed by atoms with Crippen molar-refractivity contribution < 1.29 is 5.11 Å². The fourth-order valence-corrected chi connectivity index (χ4v) is 1.78. The Kier molecular flexibility index (Phi) is 2.79. The van der Waals surface area contributed by atoms with Crippen molar-refractivity contribution in [3.63, 3.8) is 0 Å². The fourth-order valence-electron chi connectivity index (χ4n) is 1.78. The molecule has 1 saturated carbocycles. The van der Waals surface area contributed by atoms with E-state index in [1.54, 1.807) is 18.5 Å². The number of aliphatic hydroxyl groups excluding tert-OH is 1. The van der Waals surface area contributed by atoms with Crippen LogP contribution in [0.15, 0.2) is 18.5 Å². The van der Waals surface area contributed by atoms with E-state index in [1.807, 2.05) is 0 Å². The third-order valence-corrected chi connectivity index (χ3v) is 3.26. The van der Waals surface area contributed by atoms with Gasteiger partial charge in [0.05, 0.1) is 6.61 Å². The predicted octanol–water partition coefficient (Wildman–Crippen LogP) is -0.176. The number of nitrogen functional groups attached to an aromatic ring is 1. The summed E-state index contributed by atoms with van der Waals surface area (Å²) in [6, 6.07) is 1.78. The Hall–Kier alpha value is -2.22. The standard InChI is InChI=1S/C11H15N7O/c12-8-15-9(13-6-11(7-19)2-3-11)17-10(16-8)18-5-1-4-14-18/h1,4-5,19H,2-3,6-7H2,(H3,12,13,15,16,17). The van der Waals surface area contributed by atoms with Gasteiger partial charge in [-0.15, -0.1) is 0 Å². The van der Waals surface area contributed by atoms with Crippen LogP contribution in [0.25, 0.3) is 5.95 Å². The van der Waals surface area contributed by atoms with Crippen LogP contribution in [-0.4, -0.2) is 43.0 Å². The molecule has 2 aromatic rings. The number of rotatable bonds is 5. The van der Waals surface area contributed by atoms with Gasteiger partial charge in [-0.2, -0.15) is 20.1 Å². The lowest BCUT2D eigenvalue weighted by atomic mass is 10.1. The highest BCUT2D eigenvalue weighted by Gasteiger charge is 2.41. The molecule has 0 radical (unpaired) electrons. The van der Waals surface area contributed by atoms with E-state index in [1.165, 1.54) is 4.68 Å². The summed E-state index contributed by atoms with van der Waals surface area (Å²) >= 11 is 0. The molecule has 0 spiro atoms. The van der Waals surface area contributed by atoms with E-state index in [9.17, 15) is 5.11 Å². The summed E-state index contributed by atoms with van der Waals surface area (Å²) in [6.45, 7) is 0.804. The van der Waals surface area contributed by atoms with Crippen molar-refractivity contribution in [2.45, 2.75) is 12.8 Å². The minimum atomic E-state index is -0.0206. The van der Waals surface area contributed by atoms with Crippen molar-refractivity contribution in [1.29, 1.82) is 0 Å². The number of nitrogens with zero attached hydrogens (tertiary/aromatic N) is 5. The van der Waals surface area contributed by atoms with Crippen molar-refractivity contribution >= 4 is 11.9 Å². The fraction of sp³-hybridized carbons (Fsp3) is 0.455. The molecule has 0 atom stereocenters. The second kappa shape index (κ2) is 4.47. The summed E-state index contributed by atoms with van der Waals surface area (Å²) in [5.41, 5.74) is 5.64. The van der Waals surface area contributed by atoms with Gasteiger partial charge in [0.25, 0.3) is 5.95 Å². The zero-order valence-electron chi connectivity index (χ0n) is 10.3. The van der Waals surface area contributed by atoms with E-state index in [-0.39, 0.29) is 18.0 Å². The highest BCUT2D eigenvalue weighted by Crippen LogP contribution is 2.44. The van der Waals surface area contributed by atoms with Gasteiger partial charge >= 0.3 is 0 Å². The molecule has 100 valence electrons. The van der Waals surface area contributed by atoms with E-state index in [0.29, 0.717) is 18.4 Å². The van der Waals surface area contributed by atoms with Gasteiger partial charge in [0.2, 0.25) is 11.9 Å². The molecule has 8 nitrogen and oxygen atoms in total. The van der Waals surface area contributed by atoms with Crippen LogP contribution in [-0.2, 0) is 0 Å². The Balaban J connectivity index is 1.78. The lowest BCUT2D eigenvalue weighted by molar-refractivity contribution is 0.219. The third-order valence-electron chi connectivity index (χ3n) is 3.26. The molecule has 3 rings (SSSR count). The van der Waals surface area contributed by atoms with Crippen LogP contribution in [0.1, 0.15) is 12.8 Å². The maximum Gasteiger partial charge on any atom is 0.257 e. The Bertz CT molecular complexity index is 564. The highest BCUT2D eigenvalue weighted by atomic mass is 16.3. The van der Waals surface area contributed by atoms with Gasteiger partial charge in [-0.1, -0.05) is 0 Å². The van der Waals surface area contributed by atoms with Crippen LogP contribution < -0.4 is 11.1 Å².